The standard InChI is InChI=1S/C16H15N3O3/c1-10-11(7-8-13(20-2)14(10)21-3)16-18-15(19-22-16)12-6-4-5-9-17-12/h4-9H,1-3H3. The summed E-state index contributed by atoms with van der Waals surface area (Å²) in [6, 6.07) is 9.22. The predicted molar refractivity (Wildman–Crippen MR) is 80.8 cm³/mol. The maximum absolute atomic E-state index is 5.39. The Morgan fingerprint density at radius 1 is 1.05 bits per heavy atom. The van der Waals surface area contributed by atoms with Crippen LogP contribution >= 0.6 is 0 Å². The van der Waals surface area contributed by atoms with Crippen molar-refractivity contribution in [1.82, 2.24) is 15.1 Å². The molecule has 22 heavy (non-hydrogen) atoms. The van der Waals surface area contributed by atoms with Crippen LogP contribution < -0.4 is 9.47 Å². The molecule has 6 nitrogen and oxygen atoms in total. The number of hydrogen-bond acceptors (Lipinski definition) is 6. The van der Waals surface area contributed by atoms with Crippen molar-refractivity contribution >= 4 is 0 Å². The van der Waals surface area contributed by atoms with E-state index in [9.17, 15) is 0 Å². The van der Waals surface area contributed by atoms with Crippen LogP contribution in [-0.4, -0.2) is 29.3 Å². The van der Waals surface area contributed by atoms with Gasteiger partial charge in [0.1, 0.15) is 5.69 Å². The molecule has 0 spiro atoms. The molecule has 2 aromatic heterocycles. The van der Waals surface area contributed by atoms with Gasteiger partial charge in [-0.25, -0.2) is 0 Å². The van der Waals surface area contributed by atoms with Crippen LogP contribution in [0.15, 0.2) is 41.1 Å². The number of pyridine rings is 1. The lowest BCUT2D eigenvalue weighted by molar-refractivity contribution is 0.352. The van der Waals surface area contributed by atoms with Crippen molar-refractivity contribution in [3.63, 3.8) is 0 Å². The Kier molecular flexibility index (Phi) is 3.74. The first-order valence-electron chi connectivity index (χ1n) is 6.71. The molecule has 0 fully saturated rings. The van der Waals surface area contributed by atoms with Gasteiger partial charge in [0, 0.05) is 17.3 Å². The second-order valence-corrected chi connectivity index (χ2v) is 4.61. The molecule has 0 saturated heterocycles. The van der Waals surface area contributed by atoms with E-state index in [1.807, 2.05) is 37.3 Å². The van der Waals surface area contributed by atoms with Crippen molar-refractivity contribution in [3.05, 3.63) is 42.1 Å². The smallest absolute Gasteiger partial charge is 0.258 e. The van der Waals surface area contributed by atoms with Crippen LogP contribution in [0, 0.1) is 6.92 Å². The molecule has 0 aliphatic heterocycles. The van der Waals surface area contributed by atoms with Gasteiger partial charge in [0.25, 0.3) is 5.89 Å². The molecule has 3 aromatic rings. The Balaban J connectivity index is 2.04. The van der Waals surface area contributed by atoms with Crippen LogP contribution in [0.3, 0.4) is 0 Å². The van der Waals surface area contributed by atoms with E-state index in [1.165, 1.54) is 0 Å². The highest BCUT2D eigenvalue weighted by Crippen LogP contribution is 2.37. The van der Waals surface area contributed by atoms with Gasteiger partial charge in [0.15, 0.2) is 11.5 Å². The molecule has 0 N–H and O–H groups in total. The Hall–Kier alpha value is -2.89. The molecule has 6 heteroatoms. The van der Waals surface area contributed by atoms with Gasteiger partial charge in [0.05, 0.1) is 14.2 Å². The highest BCUT2D eigenvalue weighted by atomic mass is 16.5. The molecular weight excluding hydrogens is 282 g/mol. The lowest BCUT2D eigenvalue weighted by atomic mass is 10.1. The number of rotatable bonds is 4. The molecule has 0 aliphatic rings. The zero-order valence-electron chi connectivity index (χ0n) is 12.5. The van der Waals surface area contributed by atoms with Crippen molar-refractivity contribution in [2.45, 2.75) is 6.92 Å². The second kappa shape index (κ2) is 5.85. The fourth-order valence-corrected chi connectivity index (χ4v) is 2.24. The van der Waals surface area contributed by atoms with Crippen molar-refractivity contribution in [3.8, 4) is 34.5 Å². The van der Waals surface area contributed by atoms with E-state index in [2.05, 4.69) is 15.1 Å². The molecule has 0 aliphatic carbocycles. The summed E-state index contributed by atoms with van der Waals surface area (Å²) < 4.78 is 16.0. The summed E-state index contributed by atoms with van der Waals surface area (Å²) in [5.74, 6) is 2.18. The Labute approximate surface area is 127 Å². The van der Waals surface area contributed by atoms with E-state index in [-0.39, 0.29) is 0 Å². The van der Waals surface area contributed by atoms with E-state index in [0.29, 0.717) is 28.9 Å². The Bertz CT molecular complexity index is 785. The molecule has 3 rings (SSSR count). The van der Waals surface area contributed by atoms with Gasteiger partial charge in [-0.2, -0.15) is 4.98 Å². The monoisotopic (exact) mass is 297 g/mol. The third-order valence-electron chi connectivity index (χ3n) is 3.34. The van der Waals surface area contributed by atoms with Crippen LogP contribution in [0.1, 0.15) is 5.56 Å². The van der Waals surface area contributed by atoms with E-state index in [1.54, 1.807) is 20.4 Å². The molecule has 1 aromatic carbocycles. The van der Waals surface area contributed by atoms with Crippen molar-refractivity contribution in [2.75, 3.05) is 14.2 Å². The normalized spacial score (nSPS) is 10.5. The number of methoxy groups -OCH3 is 2. The van der Waals surface area contributed by atoms with Crippen molar-refractivity contribution in [1.29, 1.82) is 0 Å². The highest BCUT2D eigenvalue weighted by molar-refractivity contribution is 5.67. The number of hydrogen-bond donors (Lipinski definition) is 0. The molecule has 0 amide bonds. The summed E-state index contributed by atoms with van der Waals surface area (Å²) in [4.78, 5) is 8.62. The third-order valence-corrected chi connectivity index (χ3v) is 3.34. The highest BCUT2D eigenvalue weighted by Gasteiger charge is 2.18. The first-order chi connectivity index (χ1) is 10.7. The second-order valence-electron chi connectivity index (χ2n) is 4.61. The van der Waals surface area contributed by atoms with Gasteiger partial charge in [-0.15, -0.1) is 0 Å². The maximum atomic E-state index is 5.39. The Morgan fingerprint density at radius 3 is 2.59 bits per heavy atom. The predicted octanol–water partition coefficient (Wildman–Crippen LogP) is 3.12. The van der Waals surface area contributed by atoms with Crippen LogP contribution in [0.2, 0.25) is 0 Å². The number of benzene rings is 1. The third kappa shape index (κ3) is 2.39. The van der Waals surface area contributed by atoms with Gasteiger partial charge in [-0.05, 0) is 31.2 Å². The SMILES string of the molecule is COc1ccc(-c2nc(-c3ccccn3)no2)c(C)c1OC. The van der Waals surface area contributed by atoms with Gasteiger partial charge < -0.3 is 14.0 Å². The van der Waals surface area contributed by atoms with E-state index in [4.69, 9.17) is 14.0 Å². The fraction of sp³-hybridized carbons (Fsp3) is 0.188. The number of aromatic nitrogens is 3. The zero-order valence-corrected chi connectivity index (χ0v) is 12.5. The van der Waals surface area contributed by atoms with Gasteiger partial charge in [0.2, 0.25) is 5.82 Å². The van der Waals surface area contributed by atoms with Crippen LogP contribution in [-0.2, 0) is 0 Å². The minimum atomic E-state index is 0.416. The molecule has 112 valence electrons. The van der Waals surface area contributed by atoms with E-state index < -0.39 is 0 Å². The summed E-state index contributed by atoms with van der Waals surface area (Å²) in [7, 11) is 3.20. The molecule has 0 bridgehead atoms. The minimum absolute atomic E-state index is 0.416. The lowest BCUT2D eigenvalue weighted by Crippen LogP contribution is -1.95. The molecular formula is C16H15N3O3. The van der Waals surface area contributed by atoms with Crippen LogP contribution in [0.25, 0.3) is 23.0 Å². The van der Waals surface area contributed by atoms with E-state index >= 15 is 0 Å². The van der Waals surface area contributed by atoms with Gasteiger partial charge in [-0.1, -0.05) is 11.2 Å². The molecule has 0 radical (unpaired) electrons. The summed E-state index contributed by atoms with van der Waals surface area (Å²) in [6.45, 7) is 1.92. The Morgan fingerprint density at radius 2 is 1.91 bits per heavy atom. The van der Waals surface area contributed by atoms with Crippen molar-refractivity contribution < 1.29 is 14.0 Å². The van der Waals surface area contributed by atoms with Crippen LogP contribution in [0.5, 0.6) is 11.5 Å². The molecule has 2 heterocycles. The fourth-order valence-electron chi connectivity index (χ4n) is 2.24. The summed E-state index contributed by atoms with van der Waals surface area (Å²) >= 11 is 0. The topological polar surface area (TPSA) is 70.3 Å². The zero-order chi connectivity index (χ0) is 15.5. The average molecular weight is 297 g/mol. The molecule has 0 unspecified atom stereocenters. The quantitative estimate of drug-likeness (QED) is 0.737. The minimum Gasteiger partial charge on any atom is -0.493 e. The number of nitrogens with zero attached hydrogens (tertiary/aromatic N) is 3. The van der Waals surface area contributed by atoms with Crippen LogP contribution in [0.4, 0.5) is 0 Å². The first-order valence-corrected chi connectivity index (χ1v) is 6.71. The van der Waals surface area contributed by atoms with Crippen molar-refractivity contribution in [2.24, 2.45) is 0 Å². The largest absolute Gasteiger partial charge is 0.493 e. The first kappa shape index (κ1) is 14.1. The molecule has 0 saturated carbocycles. The molecule has 0 atom stereocenters. The summed E-state index contributed by atoms with van der Waals surface area (Å²) in [6.07, 6.45) is 1.69. The van der Waals surface area contributed by atoms with Gasteiger partial charge >= 0.3 is 0 Å². The van der Waals surface area contributed by atoms with E-state index in [0.717, 1.165) is 11.1 Å². The summed E-state index contributed by atoms with van der Waals surface area (Å²) in [5.41, 5.74) is 2.33. The maximum Gasteiger partial charge on any atom is 0.258 e. The summed E-state index contributed by atoms with van der Waals surface area (Å²) in [5, 5.41) is 3.98. The van der Waals surface area contributed by atoms with Gasteiger partial charge in [-0.3, -0.25) is 4.98 Å². The lowest BCUT2D eigenvalue weighted by Gasteiger charge is -2.12. The average Bonchev–Trinajstić information content (AvgIpc) is 3.05. The number of ether oxygens (including phenoxy) is 2.